The number of aliphatic hydroxyl groups is 1. The van der Waals surface area contributed by atoms with Crippen LogP contribution >= 0.6 is 0 Å². The van der Waals surface area contributed by atoms with E-state index < -0.39 is 0 Å². The van der Waals surface area contributed by atoms with Crippen LogP contribution in [0.5, 0.6) is 0 Å². The van der Waals surface area contributed by atoms with Crippen molar-refractivity contribution in [2.75, 3.05) is 18.5 Å². The van der Waals surface area contributed by atoms with Gasteiger partial charge in [-0.2, -0.15) is 0 Å². The molecule has 0 spiro atoms. The Balaban J connectivity index is 2.05. The summed E-state index contributed by atoms with van der Waals surface area (Å²) < 4.78 is 0. The summed E-state index contributed by atoms with van der Waals surface area (Å²) in [6.45, 7) is 4.43. The molecule has 0 bridgehead atoms. The van der Waals surface area contributed by atoms with Crippen molar-refractivity contribution >= 4 is 11.7 Å². The van der Waals surface area contributed by atoms with E-state index in [1.54, 1.807) is 4.90 Å². The van der Waals surface area contributed by atoms with Crippen molar-refractivity contribution in [1.29, 1.82) is 0 Å². The van der Waals surface area contributed by atoms with E-state index in [1.165, 1.54) is 5.56 Å². The van der Waals surface area contributed by atoms with E-state index in [0.717, 1.165) is 24.1 Å². The number of aryl methyl sites for hydroxylation is 2. The van der Waals surface area contributed by atoms with Crippen molar-refractivity contribution in [1.82, 2.24) is 4.90 Å². The lowest BCUT2D eigenvalue weighted by Gasteiger charge is -2.22. The van der Waals surface area contributed by atoms with E-state index in [4.69, 9.17) is 5.11 Å². The van der Waals surface area contributed by atoms with Crippen LogP contribution in [0.1, 0.15) is 24.0 Å². The van der Waals surface area contributed by atoms with Gasteiger partial charge in [-0.15, -0.1) is 0 Å². The van der Waals surface area contributed by atoms with E-state index in [1.807, 2.05) is 32.0 Å². The normalized spacial score (nSPS) is 14.4. The highest BCUT2D eigenvalue weighted by Gasteiger charge is 2.32. The Kier molecular flexibility index (Phi) is 3.87. The number of hydrogen-bond acceptors (Lipinski definition) is 2. The van der Waals surface area contributed by atoms with Crippen LogP contribution in [0.3, 0.4) is 0 Å². The standard InChI is InChI=1S/C14H20N2O2/c1-10-3-6-13(11(2)9-10)15-14(18)16(7-8-17)12-4-5-12/h3,6,9,12,17H,4-5,7-8H2,1-2H3,(H,15,18). The Morgan fingerprint density at radius 1 is 1.44 bits per heavy atom. The molecule has 4 heteroatoms. The van der Waals surface area contributed by atoms with Gasteiger partial charge in [-0.1, -0.05) is 17.7 Å². The second-order valence-electron chi connectivity index (χ2n) is 4.90. The summed E-state index contributed by atoms with van der Waals surface area (Å²) in [5.41, 5.74) is 3.08. The van der Waals surface area contributed by atoms with Crippen LogP contribution < -0.4 is 5.32 Å². The first-order valence-electron chi connectivity index (χ1n) is 6.37. The molecular formula is C14H20N2O2. The smallest absolute Gasteiger partial charge is 0.322 e. The molecule has 1 aromatic carbocycles. The number of anilines is 1. The molecule has 1 aliphatic carbocycles. The highest BCUT2D eigenvalue weighted by molar-refractivity contribution is 5.90. The predicted octanol–water partition coefficient (Wildman–Crippen LogP) is 2.29. The molecule has 1 aromatic rings. The van der Waals surface area contributed by atoms with Gasteiger partial charge in [0.05, 0.1) is 6.61 Å². The summed E-state index contributed by atoms with van der Waals surface area (Å²) >= 11 is 0. The van der Waals surface area contributed by atoms with Crippen LogP contribution in [0.15, 0.2) is 18.2 Å². The van der Waals surface area contributed by atoms with Crippen LogP contribution in [0.4, 0.5) is 10.5 Å². The van der Waals surface area contributed by atoms with Gasteiger partial charge in [-0.25, -0.2) is 4.79 Å². The van der Waals surface area contributed by atoms with Crippen molar-refractivity contribution < 1.29 is 9.90 Å². The second kappa shape index (κ2) is 5.40. The van der Waals surface area contributed by atoms with Gasteiger partial charge in [0.2, 0.25) is 0 Å². The summed E-state index contributed by atoms with van der Waals surface area (Å²) in [5, 5.41) is 11.9. The number of rotatable bonds is 4. The minimum Gasteiger partial charge on any atom is -0.395 e. The summed E-state index contributed by atoms with van der Waals surface area (Å²) in [5.74, 6) is 0. The maximum Gasteiger partial charge on any atom is 0.322 e. The Bertz CT molecular complexity index is 441. The molecule has 0 radical (unpaired) electrons. The number of amides is 2. The molecule has 1 aliphatic rings. The number of nitrogens with one attached hydrogen (secondary N) is 1. The first kappa shape index (κ1) is 12.9. The fraction of sp³-hybridized carbons (Fsp3) is 0.500. The molecule has 2 rings (SSSR count). The van der Waals surface area contributed by atoms with Crippen molar-refractivity contribution in [3.8, 4) is 0 Å². The Morgan fingerprint density at radius 3 is 2.72 bits per heavy atom. The molecule has 98 valence electrons. The van der Waals surface area contributed by atoms with Crippen LogP contribution in [-0.2, 0) is 0 Å². The van der Waals surface area contributed by atoms with Gasteiger partial charge >= 0.3 is 6.03 Å². The number of benzene rings is 1. The quantitative estimate of drug-likeness (QED) is 0.859. The zero-order valence-electron chi connectivity index (χ0n) is 10.9. The third kappa shape index (κ3) is 3.01. The van der Waals surface area contributed by atoms with E-state index in [-0.39, 0.29) is 12.6 Å². The predicted molar refractivity (Wildman–Crippen MR) is 71.7 cm³/mol. The number of hydrogen-bond donors (Lipinski definition) is 2. The van der Waals surface area contributed by atoms with Crippen molar-refractivity contribution in [3.05, 3.63) is 29.3 Å². The topological polar surface area (TPSA) is 52.6 Å². The second-order valence-corrected chi connectivity index (χ2v) is 4.90. The van der Waals surface area contributed by atoms with Gasteiger partial charge in [0, 0.05) is 18.3 Å². The Morgan fingerprint density at radius 2 is 2.17 bits per heavy atom. The van der Waals surface area contributed by atoms with Crippen LogP contribution in [0, 0.1) is 13.8 Å². The summed E-state index contributed by atoms with van der Waals surface area (Å²) in [7, 11) is 0. The third-order valence-electron chi connectivity index (χ3n) is 3.21. The fourth-order valence-corrected chi connectivity index (χ4v) is 2.08. The monoisotopic (exact) mass is 248 g/mol. The molecule has 0 atom stereocenters. The Labute approximate surface area is 108 Å². The first-order chi connectivity index (χ1) is 8.61. The molecule has 0 unspecified atom stereocenters. The van der Waals surface area contributed by atoms with E-state index in [2.05, 4.69) is 5.32 Å². The fourth-order valence-electron chi connectivity index (χ4n) is 2.08. The summed E-state index contributed by atoms with van der Waals surface area (Å²) in [4.78, 5) is 13.8. The third-order valence-corrected chi connectivity index (χ3v) is 3.21. The summed E-state index contributed by atoms with van der Waals surface area (Å²) in [6.07, 6.45) is 2.08. The molecule has 0 saturated heterocycles. The Hall–Kier alpha value is -1.55. The molecule has 0 aromatic heterocycles. The zero-order chi connectivity index (χ0) is 13.1. The van der Waals surface area contributed by atoms with Gasteiger partial charge in [0.15, 0.2) is 0 Å². The highest BCUT2D eigenvalue weighted by atomic mass is 16.3. The maximum atomic E-state index is 12.1. The number of aliphatic hydroxyl groups excluding tert-OH is 1. The molecule has 1 fully saturated rings. The molecule has 1 saturated carbocycles. The average Bonchev–Trinajstić information content (AvgIpc) is 3.13. The van der Waals surface area contributed by atoms with E-state index >= 15 is 0 Å². The average molecular weight is 248 g/mol. The maximum absolute atomic E-state index is 12.1. The molecular weight excluding hydrogens is 228 g/mol. The van der Waals surface area contributed by atoms with Gasteiger partial charge in [0.25, 0.3) is 0 Å². The van der Waals surface area contributed by atoms with Gasteiger partial charge in [-0.05, 0) is 38.3 Å². The van der Waals surface area contributed by atoms with Crippen LogP contribution in [-0.4, -0.2) is 35.2 Å². The van der Waals surface area contributed by atoms with Gasteiger partial charge in [0.1, 0.15) is 0 Å². The minimum atomic E-state index is -0.112. The lowest BCUT2D eigenvalue weighted by Crippen LogP contribution is -2.38. The number of urea groups is 1. The van der Waals surface area contributed by atoms with E-state index in [0.29, 0.717) is 12.6 Å². The molecule has 18 heavy (non-hydrogen) atoms. The molecule has 2 amide bonds. The molecule has 2 N–H and O–H groups in total. The number of carbonyl (C=O) groups excluding carboxylic acids is 1. The molecule has 0 heterocycles. The molecule has 4 nitrogen and oxygen atoms in total. The van der Waals surface area contributed by atoms with Crippen molar-refractivity contribution in [2.24, 2.45) is 0 Å². The highest BCUT2D eigenvalue weighted by Crippen LogP contribution is 2.27. The lowest BCUT2D eigenvalue weighted by molar-refractivity contribution is 0.185. The summed E-state index contributed by atoms with van der Waals surface area (Å²) in [6, 6.07) is 6.15. The zero-order valence-corrected chi connectivity index (χ0v) is 10.9. The SMILES string of the molecule is Cc1ccc(NC(=O)N(CCO)C2CC2)c(C)c1. The van der Waals surface area contributed by atoms with Gasteiger partial charge < -0.3 is 15.3 Å². The van der Waals surface area contributed by atoms with Crippen molar-refractivity contribution in [2.45, 2.75) is 32.7 Å². The number of nitrogens with zero attached hydrogens (tertiary/aromatic N) is 1. The largest absolute Gasteiger partial charge is 0.395 e. The van der Waals surface area contributed by atoms with Crippen molar-refractivity contribution in [3.63, 3.8) is 0 Å². The lowest BCUT2D eigenvalue weighted by atomic mass is 10.1. The van der Waals surface area contributed by atoms with E-state index in [9.17, 15) is 4.79 Å². The minimum absolute atomic E-state index is 0.0107. The van der Waals surface area contributed by atoms with Crippen LogP contribution in [0.25, 0.3) is 0 Å². The number of carbonyl (C=O) groups is 1. The molecule has 0 aliphatic heterocycles. The van der Waals surface area contributed by atoms with Gasteiger partial charge in [-0.3, -0.25) is 0 Å². The first-order valence-corrected chi connectivity index (χ1v) is 6.37. The van der Waals surface area contributed by atoms with Crippen LogP contribution in [0.2, 0.25) is 0 Å².